The summed E-state index contributed by atoms with van der Waals surface area (Å²) in [6.45, 7) is 1.29. The van der Waals surface area contributed by atoms with Gasteiger partial charge in [0.05, 0.1) is 6.61 Å². The van der Waals surface area contributed by atoms with E-state index >= 15 is 0 Å². The van der Waals surface area contributed by atoms with Crippen LogP contribution in [0.15, 0.2) is 24.3 Å². The number of carboxylic acid groups (broad SMARTS) is 1. The summed E-state index contributed by atoms with van der Waals surface area (Å²) in [6, 6.07) is 5.33. The molecule has 1 aliphatic rings. The Morgan fingerprint density at radius 3 is 2.73 bits per heavy atom. The van der Waals surface area contributed by atoms with Crippen LogP contribution in [0.4, 0.5) is 18.0 Å². The minimum absolute atomic E-state index is 0.214. The molecule has 8 heteroatoms. The van der Waals surface area contributed by atoms with Crippen molar-refractivity contribution in [2.75, 3.05) is 19.7 Å². The van der Waals surface area contributed by atoms with Crippen molar-refractivity contribution in [1.82, 2.24) is 4.90 Å². The predicted molar refractivity (Wildman–Crippen MR) is 70.9 cm³/mol. The summed E-state index contributed by atoms with van der Waals surface area (Å²) in [5.41, 5.74) is 0. The first-order valence-electron chi connectivity index (χ1n) is 6.80. The normalized spacial score (nSPS) is 18.3. The number of halogens is 3. The number of ether oxygens (including phenoxy) is 2. The van der Waals surface area contributed by atoms with Gasteiger partial charge in [0.15, 0.2) is 0 Å². The summed E-state index contributed by atoms with van der Waals surface area (Å²) >= 11 is 0. The topological polar surface area (TPSA) is 59.0 Å². The number of nitrogens with zero attached hydrogens (tertiary/aromatic N) is 1. The molecule has 1 atom stereocenters. The standard InChI is InChI=1S/C14H16F3NO4/c15-14(16,17)22-12-3-1-2-11(8-12)21-7-5-10-4-6-18(9-10)13(19)20/h1-3,8,10H,4-7,9H2,(H,19,20). The average molecular weight is 319 g/mol. The minimum atomic E-state index is -4.73. The van der Waals surface area contributed by atoms with E-state index in [0.717, 1.165) is 6.42 Å². The fourth-order valence-corrected chi connectivity index (χ4v) is 2.35. The highest BCUT2D eigenvalue weighted by molar-refractivity contribution is 5.65. The number of hydrogen-bond donors (Lipinski definition) is 1. The molecule has 0 radical (unpaired) electrons. The lowest BCUT2D eigenvalue weighted by Gasteiger charge is -2.13. The van der Waals surface area contributed by atoms with Crippen LogP contribution in [0.2, 0.25) is 0 Å². The lowest BCUT2D eigenvalue weighted by atomic mass is 10.1. The van der Waals surface area contributed by atoms with Crippen LogP contribution in [0, 0.1) is 5.92 Å². The Labute approximate surface area is 125 Å². The lowest BCUT2D eigenvalue weighted by Crippen LogP contribution is -2.26. The third-order valence-corrected chi connectivity index (χ3v) is 3.39. The molecule has 122 valence electrons. The molecule has 5 nitrogen and oxygen atoms in total. The van der Waals surface area contributed by atoms with Gasteiger partial charge in [-0.1, -0.05) is 6.07 Å². The van der Waals surface area contributed by atoms with E-state index in [-0.39, 0.29) is 17.4 Å². The fraction of sp³-hybridized carbons (Fsp3) is 0.500. The number of hydrogen-bond acceptors (Lipinski definition) is 3. The number of rotatable bonds is 5. The smallest absolute Gasteiger partial charge is 0.493 e. The first kappa shape index (κ1) is 16.3. The predicted octanol–water partition coefficient (Wildman–Crippen LogP) is 3.35. The summed E-state index contributed by atoms with van der Waals surface area (Å²) in [6.07, 6.45) is -4.25. The first-order chi connectivity index (χ1) is 10.3. The summed E-state index contributed by atoms with van der Waals surface area (Å²) in [4.78, 5) is 12.1. The fourth-order valence-electron chi connectivity index (χ4n) is 2.35. The molecule has 1 amide bonds. The van der Waals surface area contributed by atoms with Crippen molar-refractivity contribution in [3.05, 3.63) is 24.3 Å². The summed E-state index contributed by atoms with van der Waals surface area (Å²) in [5, 5.41) is 8.85. The SMILES string of the molecule is O=C(O)N1CCC(CCOc2cccc(OC(F)(F)F)c2)C1. The van der Waals surface area contributed by atoms with Crippen LogP contribution in [0.5, 0.6) is 11.5 Å². The lowest BCUT2D eigenvalue weighted by molar-refractivity contribution is -0.274. The monoisotopic (exact) mass is 319 g/mol. The highest BCUT2D eigenvalue weighted by Gasteiger charge is 2.31. The molecule has 0 bridgehead atoms. The quantitative estimate of drug-likeness (QED) is 0.904. The highest BCUT2D eigenvalue weighted by Crippen LogP contribution is 2.26. The Morgan fingerprint density at radius 1 is 1.36 bits per heavy atom. The third-order valence-electron chi connectivity index (χ3n) is 3.39. The largest absolute Gasteiger partial charge is 0.573 e. The van der Waals surface area contributed by atoms with E-state index in [2.05, 4.69) is 4.74 Å². The van der Waals surface area contributed by atoms with Gasteiger partial charge in [0, 0.05) is 19.2 Å². The molecule has 0 spiro atoms. The van der Waals surface area contributed by atoms with E-state index in [0.29, 0.717) is 26.1 Å². The van der Waals surface area contributed by atoms with Crippen molar-refractivity contribution in [1.29, 1.82) is 0 Å². The van der Waals surface area contributed by atoms with E-state index in [1.807, 2.05) is 0 Å². The second-order valence-electron chi connectivity index (χ2n) is 5.04. The van der Waals surface area contributed by atoms with Gasteiger partial charge < -0.3 is 19.5 Å². The zero-order chi connectivity index (χ0) is 16.2. The summed E-state index contributed by atoms with van der Waals surface area (Å²) in [5.74, 6) is 0.170. The number of carbonyl (C=O) groups is 1. The molecule has 1 unspecified atom stereocenters. The van der Waals surface area contributed by atoms with Crippen molar-refractivity contribution >= 4 is 6.09 Å². The van der Waals surface area contributed by atoms with Crippen molar-refractivity contribution in [2.45, 2.75) is 19.2 Å². The van der Waals surface area contributed by atoms with Crippen molar-refractivity contribution in [2.24, 2.45) is 5.92 Å². The number of benzene rings is 1. The van der Waals surface area contributed by atoms with Crippen LogP contribution < -0.4 is 9.47 Å². The van der Waals surface area contributed by atoms with Crippen LogP contribution >= 0.6 is 0 Å². The van der Waals surface area contributed by atoms with Crippen LogP contribution in [0.1, 0.15) is 12.8 Å². The minimum Gasteiger partial charge on any atom is -0.493 e. The molecule has 22 heavy (non-hydrogen) atoms. The molecule has 1 saturated heterocycles. The van der Waals surface area contributed by atoms with Gasteiger partial charge in [0.1, 0.15) is 11.5 Å². The van der Waals surface area contributed by atoms with Gasteiger partial charge >= 0.3 is 12.5 Å². The van der Waals surface area contributed by atoms with Gasteiger partial charge in [-0.15, -0.1) is 13.2 Å². The Hall–Kier alpha value is -2.12. The average Bonchev–Trinajstić information content (AvgIpc) is 2.86. The zero-order valence-electron chi connectivity index (χ0n) is 11.7. The Balaban J connectivity index is 1.78. The number of amides is 1. The number of alkyl halides is 3. The zero-order valence-corrected chi connectivity index (χ0v) is 11.7. The molecule has 1 heterocycles. The van der Waals surface area contributed by atoms with Crippen LogP contribution in [-0.4, -0.2) is 42.2 Å². The van der Waals surface area contributed by atoms with Crippen LogP contribution in [0.3, 0.4) is 0 Å². The molecule has 1 fully saturated rings. The number of likely N-dealkylation sites (tertiary alicyclic amines) is 1. The third kappa shape index (κ3) is 5.01. The molecule has 0 aliphatic carbocycles. The maximum absolute atomic E-state index is 12.1. The summed E-state index contributed by atoms with van der Waals surface area (Å²) < 4.78 is 45.6. The van der Waals surface area contributed by atoms with Gasteiger partial charge in [0.2, 0.25) is 0 Å². The van der Waals surface area contributed by atoms with Crippen molar-refractivity contribution < 1.29 is 32.5 Å². The molecule has 1 N–H and O–H groups in total. The maximum Gasteiger partial charge on any atom is 0.573 e. The molecule has 0 saturated carbocycles. The molecule has 1 aromatic rings. The van der Waals surface area contributed by atoms with E-state index < -0.39 is 12.5 Å². The maximum atomic E-state index is 12.1. The van der Waals surface area contributed by atoms with Gasteiger partial charge in [-0.25, -0.2) is 4.79 Å². The summed E-state index contributed by atoms with van der Waals surface area (Å²) in [7, 11) is 0. The van der Waals surface area contributed by atoms with Crippen LogP contribution in [-0.2, 0) is 0 Å². The van der Waals surface area contributed by atoms with Crippen LogP contribution in [0.25, 0.3) is 0 Å². The van der Waals surface area contributed by atoms with Gasteiger partial charge in [-0.05, 0) is 30.9 Å². The molecular weight excluding hydrogens is 303 g/mol. The molecule has 1 aliphatic heterocycles. The molecule has 2 rings (SSSR count). The van der Waals surface area contributed by atoms with E-state index in [9.17, 15) is 18.0 Å². The van der Waals surface area contributed by atoms with Gasteiger partial charge in [-0.3, -0.25) is 0 Å². The van der Waals surface area contributed by atoms with E-state index in [4.69, 9.17) is 9.84 Å². The van der Waals surface area contributed by atoms with Crippen molar-refractivity contribution in [3.8, 4) is 11.5 Å². The second-order valence-corrected chi connectivity index (χ2v) is 5.04. The van der Waals surface area contributed by atoms with E-state index in [1.54, 1.807) is 6.07 Å². The molecular formula is C14H16F3NO4. The van der Waals surface area contributed by atoms with E-state index in [1.165, 1.54) is 23.1 Å². The Kier molecular flexibility index (Phi) is 4.99. The first-order valence-corrected chi connectivity index (χ1v) is 6.80. The highest BCUT2D eigenvalue weighted by atomic mass is 19.4. The van der Waals surface area contributed by atoms with Gasteiger partial charge in [-0.2, -0.15) is 0 Å². The molecule has 1 aromatic carbocycles. The Morgan fingerprint density at radius 2 is 2.09 bits per heavy atom. The second kappa shape index (κ2) is 6.76. The van der Waals surface area contributed by atoms with Gasteiger partial charge in [0.25, 0.3) is 0 Å². The molecule has 0 aromatic heterocycles. The Bertz CT molecular complexity index is 521. The van der Waals surface area contributed by atoms with Crippen molar-refractivity contribution in [3.63, 3.8) is 0 Å².